The average molecular weight is 381 g/mol. The molecule has 0 radical (unpaired) electrons. The van der Waals surface area contributed by atoms with Crippen LogP contribution < -0.4 is 0 Å². The van der Waals surface area contributed by atoms with Crippen LogP contribution in [0.4, 0.5) is 13.2 Å². The van der Waals surface area contributed by atoms with Crippen LogP contribution in [0.3, 0.4) is 0 Å². The summed E-state index contributed by atoms with van der Waals surface area (Å²) in [5.41, 5.74) is -0.927. The van der Waals surface area contributed by atoms with Gasteiger partial charge < -0.3 is 4.74 Å². The molecule has 6 nitrogen and oxygen atoms in total. The Balaban J connectivity index is 1.75. The number of aromatic nitrogens is 5. The summed E-state index contributed by atoms with van der Waals surface area (Å²) in [6, 6.07) is 7.97. The molecule has 0 amide bonds. The lowest BCUT2D eigenvalue weighted by Gasteiger charge is -2.22. The zero-order valence-electron chi connectivity index (χ0n) is 13.5. The van der Waals surface area contributed by atoms with Crippen molar-refractivity contribution in [2.45, 2.75) is 35.2 Å². The summed E-state index contributed by atoms with van der Waals surface area (Å²) in [5, 5.41) is 13.5. The molecule has 26 heavy (non-hydrogen) atoms. The van der Waals surface area contributed by atoms with Gasteiger partial charge in [0.05, 0.1) is 6.04 Å². The minimum atomic E-state index is -4.52. The SMILES string of the molecule is FC(F)(F)c1cc2ccccc2c(Sc2nnnn2C2CCOCC2)n1. The topological polar surface area (TPSA) is 65.7 Å². The lowest BCUT2D eigenvalue weighted by Crippen LogP contribution is -2.21. The number of hydrogen-bond acceptors (Lipinski definition) is 6. The highest BCUT2D eigenvalue weighted by atomic mass is 32.2. The minimum absolute atomic E-state index is 0.0679. The maximum Gasteiger partial charge on any atom is 0.433 e. The fraction of sp³-hybridized carbons (Fsp3) is 0.375. The molecular weight excluding hydrogens is 367 g/mol. The predicted molar refractivity (Wildman–Crippen MR) is 87.8 cm³/mol. The highest BCUT2D eigenvalue weighted by Crippen LogP contribution is 2.37. The summed E-state index contributed by atoms with van der Waals surface area (Å²) in [5.74, 6) is 0. The van der Waals surface area contributed by atoms with Crippen molar-refractivity contribution in [3.63, 3.8) is 0 Å². The Hall–Kier alpha value is -2.20. The summed E-state index contributed by atoms with van der Waals surface area (Å²) in [6.45, 7) is 1.22. The molecule has 1 aliphatic heterocycles. The van der Waals surface area contributed by atoms with Gasteiger partial charge in [0.25, 0.3) is 0 Å². The first-order valence-corrected chi connectivity index (χ1v) is 8.84. The Kier molecular flexibility index (Phi) is 4.53. The zero-order chi connectivity index (χ0) is 18.1. The Morgan fingerprint density at radius 2 is 1.92 bits per heavy atom. The molecule has 0 saturated carbocycles. The number of tetrazole rings is 1. The van der Waals surface area contributed by atoms with E-state index < -0.39 is 11.9 Å². The summed E-state index contributed by atoms with van der Waals surface area (Å²) in [7, 11) is 0. The molecule has 3 heterocycles. The van der Waals surface area contributed by atoms with Crippen molar-refractivity contribution in [3.05, 3.63) is 36.0 Å². The number of benzene rings is 1. The summed E-state index contributed by atoms with van der Waals surface area (Å²) >= 11 is 1.05. The van der Waals surface area contributed by atoms with E-state index in [2.05, 4.69) is 20.5 Å². The molecular formula is C16H14F3N5OS. The number of halogens is 3. The van der Waals surface area contributed by atoms with E-state index in [4.69, 9.17) is 4.74 Å². The Labute approximate surface area is 150 Å². The summed E-state index contributed by atoms with van der Waals surface area (Å²) in [4.78, 5) is 3.84. The van der Waals surface area contributed by atoms with Crippen LogP contribution in [0.5, 0.6) is 0 Å². The molecule has 0 unspecified atom stereocenters. The molecule has 3 aromatic rings. The van der Waals surface area contributed by atoms with Crippen molar-refractivity contribution in [1.82, 2.24) is 25.2 Å². The van der Waals surface area contributed by atoms with Crippen LogP contribution >= 0.6 is 11.8 Å². The first-order chi connectivity index (χ1) is 12.5. The van der Waals surface area contributed by atoms with Crippen LogP contribution in [0.1, 0.15) is 24.6 Å². The van der Waals surface area contributed by atoms with Gasteiger partial charge in [-0.3, -0.25) is 0 Å². The van der Waals surface area contributed by atoms with E-state index in [9.17, 15) is 13.2 Å². The molecule has 0 atom stereocenters. The zero-order valence-corrected chi connectivity index (χ0v) is 14.3. The number of rotatable bonds is 3. The molecule has 136 valence electrons. The average Bonchev–Trinajstić information content (AvgIpc) is 3.10. The smallest absolute Gasteiger partial charge is 0.381 e. The molecule has 10 heteroatoms. The number of hydrogen-bond donors (Lipinski definition) is 0. The van der Waals surface area contributed by atoms with Gasteiger partial charge in [-0.25, -0.2) is 9.67 Å². The van der Waals surface area contributed by atoms with E-state index >= 15 is 0 Å². The number of fused-ring (bicyclic) bond motifs is 1. The highest BCUT2D eigenvalue weighted by Gasteiger charge is 2.33. The number of pyridine rings is 1. The molecule has 0 spiro atoms. The van der Waals surface area contributed by atoms with E-state index in [1.54, 1.807) is 28.9 Å². The van der Waals surface area contributed by atoms with Crippen LogP contribution in [0.15, 0.2) is 40.5 Å². The quantitative estimate of drug-likeness (QED) is 0.689. The second-order valence-corrected chi connectivity index (χ2v) is 6.84. The van der Waals surface area contributed by atoms with Gasteiger partial charge in [-0.2, -0.15) is 13.2 Å². The normalized spacial score (nSPS) is 16.3. The van der Waals surface area contributed by atoms with Gasteiger partial charge in [0.2, 0.25) is 5.16 Å². The van der Waals surface area contributed by atoms with Gasteiger partial charge in [-0.1, -0.05) is 24.3 Å². The van der Waals surface area contributed by atoms with Crippen molar-refractivity contribution in [3.8, 4) is 0 Å². The summed E-state index contributed by atoms with van der Waals surface area (Å²) in [6.07, 6.45) is -3.00. The molecule has 0 N–H and O–H groups in total. The molecule has 1 fully saturated rings. The Morgan fingerprint density at radius 1 is 1.15 bits per heavy atom. The standard InChI is InChI=1S/C16H14F3N5OS/c17-16(18,19)13-9-10-3-1-2-4-12(10)14(20-13)26-15-21-22-23-24(15)11-5-7-25-8-6-11/h1-4,9,11H,5-8H2. The van der Waals surface area contributed by atoms with Crippen LogP contribution in [-0.4, -0.2) is 38.4 Å². The van der Waals surface area contributed by atoms with Gasteiger partial charge in [0, 0.05) is 18.6 Å². The lowest BCUT2D eigenvalue weighted by molar-refractivity contribution is -0.141. The van der Waals surface area contributed by atoms with E-state index in [1.807, 2.05) is 0 Å². The van der Waals surface area contributed by atoms with Crippen LogP contribution in [-0.2, 0) is 10.9 Å². The second-order valence-electron chi connectivity index (χ2n) is 5.88. The number of ether oxygens (including phenoxy) is 1. The van der Waals surface area contributed by atoms with E-state index in [-0.39, 0.29) is 11.1 Å². The third kappa shape index (κ3) is 3.38. The lowest BCUT2D eigenvalue weighted by atomic mass is 10.1. The van der Waals surface area contributed by atoms with Crippen molar-refractivity contribution in [1.29, 1.82) is 0 Å². The maximum absolute atomic E-state index is 13.2. The third-order valence-electron chi connectivity index (χ3n) is 4.18. The predicted octanol–water partition coefficient (Wildman–Crippen LogP) is 3.74. The third-order valence-corrected chi connectivity index (χ3v) is 5.14. The van der Waals surface area contributed by atoms with Gasteiger partial charge in [0.1, 0.15) is 10.7 Å². The van der Waals surface area contributed by atoms with Gasteiger partial charge in [0.15, 0.2) is 0 Å². The second kappa shape index (κ2) is 6.84. The van der Waals surface area contributed by atoms with Gasteiger partial charge in [-0.15, -0.1) is 5.10 Å². The molecule has 2 aromatic heterocycles. The van der Waals surface area contributed by atoms with Gasteiger partial charge in [-0.05, 0) is 46.5 Å². The fourth-order valence-corrected chi connectivity index (χ4v) is 3.86. The molecule has 0 bridgehead atoms. The summed E-state index contributed by atoms with van der Waals surface area (Å²) < 4.78 is 46.6. The van der Waals surface area contributed by atoms with Crippen LogP contribution in [0, 0.1) is 0 Å². The van der Waals surface area contributed by atoms with E-state index in [1.165, 1.54) is 0 Å². The first kappa shape index (κ1) is 17.2. The van der Waals surface area contributed by atoms with Crippen LogP contribution in [0.25, 0.3) is 10.8 Å². The molecule has 1 saturated heterocycles. The first-order valence-electron chi connectivity index (χ1n) is 8.03. The molecule has 1 aromatic carbocycles. The van der Waals surface area contributed by atoms with Crippen molar-refractivity contribution in [2.24, 2.45) is 0 Å². The number of alkyl halides is 3. The minimum Gasteiger partial charge on any atom is -0.381 e. The Bertz CT molecular complexity index is 924. The van der Waals surface area contributed by atoms with Crippen molar-refractivity contribution in [2.75, 3.05) is 13.2 Å². The highest BCUT2D eigenvalue weighted by molar-refractivity contribution is 7.99. The molecule has 1 aliphatic rings. The van der Waals surface area contributed by atoms with Crippen molar-refractivity contribution < 1.29 is 17.9 Å². The largest absolute Gasteiger partial charge is 0.433 e. The Morgan fingerprint density at radius 3 is 2.69 bits per heavy atom. The molecule has 0 aliphatic carbocycles. The monoisotopic (exact) mass is 381 g/mol. The number of nitrogens with zero attached hydrogens (tertiary/aromatic N) is 5. The van der Waals surface area contributed by atoms with E-state index in [0.717, 1.165) is 30.7 Å². The fourth-order valence-electron chi connectivity index (χ4n) is 2.89. The maximum atomic E-state index is 13.2. The molecule has 4 rings (SSSR count). The van der Waals surface area contributed by atoms with Crippen LogP contribution in [0.2, 0.25) is 0 Å². The van der Waals surface area contributed by atoms with Gasteiger partial charge >= 0.3 is 6.18 Å². The van der Waals surface area contributed by atoms with E-state index in [0.29, 0.717) is 29.1 Å². The van der Waals surface area contributed by atoms with Crippen molar-refractivity contribution >= 4 is 22.5 Å².